The van der Waals surface area contributed by atoms with E-state index in [9.17, 15) is 4.79 Å². The van der Waals surface area contributed by atoms with Crippen molar-refractivity contribution in [3.63, 3.8) is 0 Å². The lowest BCUT2D eigenvalue weighted by atomic mass is 10.1. The van der Waals surface area contributed by atoms with Crippen molar-refractivity contribution in [2.24, 2.45) is 0 Å². The second-order valence-corrected chi connectivity index (χ2v) is 6.42. The third-order valence-corrected chi connectivity index (χ3v) is 4.68. The molecule has 0 aliphatic heterocycles. The molecule has 2 aromatic heterocycles. The molecule has 0 atom stereocenters. The van der Waals surface area contributed by atoms with Crippen LogP contribution in [0.3, 0.4) is 0 Å². The predicted molar refractivity (Wildman–Crippen MR) is 97.0 cm³/mol. The molecule has 2 heterocycles. The second-order valence-electron chi connectivity index (χ2n) is 5.47. The largest absolute Gasteiger partial charge is 0.452 e. The van der Waals surface area contributed by atoms with Gasteiger partial charge >= 0.3 is 5.97 Å². The highest BCUT2D eigenvalue weighted by molar-refractivity contribution is 7.11. The third-order valence-electron chi connectivity index (χ3n) is 3.70. The quantitative estimate of drug-likeness (QED) is 0.484. The SMILES string of the molecule is CCc1ccc(-c2noc(COC(=O)/C=C/c3sccc3C)n2)cc1. The van der Waals surface area contributed by atoms with Gasteiger partial charge in [0.1, 0.15) is 0 Å². The first-order chi connectivity index (χ1) is 12.2. The first kappa shape index (κ1) is 17.1. The van der Waals surface area contributed by atoms with Gasteiger partial charge in [-0.1, -0.05) is 36.3 Å². The van der Waals surface area contributed by atoms with E-state index in [1.54, 1.807) is 17.4 Å². The highest BCUT2D eigenvalue weighted by atomic mass is 32.1. The van der Waals surface area contributed by atoms with Crippen molar-refractivity contribution < 1.29 is 14.1 Å². The zero-order valence-corrected chi connectivity index (χ0v) is 14.9. The Labute approximate surface area is 150 Å². The normalized spacial score (nSPS) is 11.1. The highest BCUT2D eigenvalue weighted by Crippen LogP contribution is 2.18. The van der Waals surface area contributed by atoms with Crippen LogP contribution in [0.15, 0.2) is 46.3 Å². The Kier molecular flexibility index (Phi) is 5.40. The van der Waals surface area contributed by atoms with Gasteiger partial charge in [-0.2, -0.15) is 4.98 Å². The number of esters is 1. The summed E-state index contributed by atoms with van der Waals surface area (Å²) in [5.74, 6) is 0.307. The number of benzene rings is 1. The lowest BCUT2D eigenvalue weighted by Crippen LogP contribution is -2.00. The summed E-state index contributed by atoms with van der Waals surface area (Å²) in [5, 5.41) is 5.90. The second kappa shape index (κ2) is 7.90. The number of ether oxygens (including phenoxy) is 1. The molecule has 0 bridgehead atoms. The Bertz CT molecular complexity index is 878. The molecule has 0 N–H and O–H groups in total. The molecule has 0 amide bonds. The summed E-state index contributed by atoms with van der Waals surface area (Å²) in [4.78, 5) is 17.1. The standard InChI is InChI=1S/C19H18N2O3S/c1-3-14-4-6-15(7-5-14)19-20-17(24-21-19)12-23-18(22)9-8-16-13(2)10-11-25-16/h4-11H,3,12H2,1-2H3/b9-8+. The van der Waals surface area contributed by atoms with E-state index in [1.807, 2.05) is 42.6 Å². The molecule has 5 nitrogen and oxygen atoms in total. The number of carbonyl (C=O) groups excluding carboxylic acids is 1. The predicted octanol–water partition coefficient (Wildman–Crippen LogP) is 4.43. The third kappa shape index (κ3) is 4.42. The van der Waals surface area contributed by atoms with Crippen molar-refractivity contribution in [1.82, 2.24) is 10.1 Å². The molecular formula is C19H18N2O3S. The molecule has 0 aliphatic rings. The maximum absolute atomic E-state index is 11.8. The minimum atomic E-state index is -0.445. The van der Waals surface area contributed by atoms with Gasteiger partial charge in [0.2, 0.25) is 5.82 Å². The van der Waals surface area contributed by atoms with Gasteiger partial charge in [-0.15, -0.1) is 11.3 Å². The summed E-state index contributed by atoms with van der Waals surface area (Å²) in [6.07, 6.45) is 4.13. The maximum atomic E-state index is 11.8. The molecule has 0 aliphatic carbocycles. The molecule has 3 rings (SSSR count). The van der Waals surface area contributed by atoms with Crippen molar-refractivity contribution in [3.8, 4) is 11.4 Å². The molecule has 128 valence electrons. The zero-order chi connectivity index (χ0) is 17.6. The molecule has 0 saturated heterocycles. The lowest BCUT2D eigenvalue weighted by molar-refractivity contribution is -0.139. The molecule has 0 saturated carbocycles. The Morgan fingerprint density at radius 3 is 2.76 bits per heavy atom. The van der Waals surface area contributed by atoms with Gasteiger partial charge in [-0.05, 0) is 42.0 Å². The fraction of sp³-hybridized carbons (Fsp3) is 0.211. The fourth-order valence-corrected chi connectivity index (χ4v) is 3.02. The summed E-state index contributed by atoms with van der Waals surface area (Å²) in [7, 11) is 0. The van der Waals surface area contributed by atoms with E-state index in [1.165, 1.54) is 11.6 Å². The molecule has 3 aromatic rings. The van der Waals surface area contributed by atoms with E-state index in [0.29, 0.717) is 5.82 Å². The van der Waals surface area contributed by atoms with Gasteiger partial charge < -0.3 is 9.26 Å². The number of aryl methyl sites for hydroxylation is 2. The van der Waals surface area contributed by atoms with Crippen LogP contribution in [-0.4, -0.2) is 16.1 Å². The number of hydrogen-bond donors (Lipinski definition) is 0. The number of aromatic nitrogens is 2. The molecule has 0 spiro atoms. The number of rotatable bonds is 6. The number of carbonyl (C=O) groups is 1. The molecule has 6 heteroatoms. The van der Waals surface area contributed by atoms with E-state index < -0.39 is 5.97 Å². The van der Waals surface area contributed by atoms with Crippen LogP contribution in [0.5, 0.6) is 0 Å². The average Bonchev–Trinajstić information content (AvgIpc) is 3.27. The smallest absolute Gasteiger partial charge is 0.331 e. The van der Waals surface area contributed by atoms with Crippen LogP contribution in [0.1, 0.15) is 28.8 Å². The van der Waals surface area contributed by atoms with E-state index in [0.717, 1.165) is 22.4 Å². The summed E-state index contributed by atoms with van der Waals surface area (Å²) in [6.45, 7) is 4.05. The van der Waals surface area contributed by atoms with E-state index in [4.69, 9.17) is 9.26 Å². The molecular weight excluding hydrogens is 336 g/mol. The minimum Gasteiger partial charge on any atom is -0.452 e. The first-order valence-corrected chi connectivity index (χ1v) is 8.84. The number of thiophene rings is 1. The average molecular weight is 354 g/mol. The topological polar surface area (TPSA) is 65.2 Å². The molecule has 25 heavy (non-hydrogen) atoms. The number of hydrogen-bond acceptors (Lipinski definition) is 6. The van der Waals surface area contributed by atoms with Crippen molar-refractivity contribution >= 4 is 23.4 Å². The zero-order valence-electron chi connectivity index (χ0n) is 14.1. The van der Waals surface area contributed by atoms with E-state index in [-0.39, 0.29) is 12.5 Å². The summed E-state index contributed by atoms with van der Waals surface area (Å²) in [6, 6.07) is 9.96. The molecule has 0 fully saturated rings. The molecule has 0 radical (unpaired) electrons. The lowest BCUT2D eigenvalue weighted by Gasteiger charge is -1.97. The molecule has 0 unspecified atom stereocenters. The van der Waals surface area contributed by atoms with Gasteiger partial charge in [-0.3, -0.25) is 0 Å². The Hall–Kier alpha value is -2.73. The summed E-state index contributed by atoms with van der Waals surface area (Å²) >= 11 is 1.57. The van der Waals surface area contributed by atoms with E-state index >= 15 is 0 Å². The highest BCUT2D eigenvalue weighted by Gasteiger charge is 2.10. The minimum absolute atomic E-state index is 0.0490. The Morgan fingerprint density at radius 2 is 2.08 bits per heavy atom. The van der Waals surface area contributed by atoms with Gasteiger partial charge in [0.25, 0.3) is 5.89 Å². The van der Waals surface area contributed by atoms with Crippen LogP contribution in [0, 0.1) is 6.92 Å². The Morgan fingerprint density at radius 1 is 1.28 bits per heavy atom. The Balaban J connectivity index is 1.57. The fourth-order valence-electron chi connectivity index (χ4n) is 2.20. The van der Waals surface area contributed by atoms with Gasteiger partial charge in [-0.25, -0.2) is 4.79 Å². The van der Waals surface area contributed by atoms with Gasteiger partial charge in [0.15, 0.2) is 6.61 Å². The van der Waals surface area contributed by atoms with Gasteiger partial charge in [0.05, 0.1) is 0 Å². The van der Waals surface area contributed by atoms with Crippen molar-refractivity contribution in [2.75, 3.05) is 0 Å². The maximum Gasteiger partial charge on any atom is 0.331 e. The first-order valence-electron chi connectivity index (χ1n) is 7.96. The van der Waals surface area contributed by atoms with Crippen LogP contribution in [0.25, 0.3) is 17.5 Å². The van der Waals surface area contributed by atoms with Gasteiger partial charge in [0, 0.05) is 16.5 Å². The van der Waals surface area contributed by atoms with Crippen molar-refractivity contribution in [3.05, 3.63) is 63.7 Å². The van der Waals surface area contributed by atoms with Crippen molar-refractivity contribution in [1.29, 1.82) is 0 Å². The van der Waals surface area contributed by atoms with Crippen LogP contribution in [0.2, 0.25) is 0 Å². The van der Waals surface area contributed by atoms with Crippen LogP contribution < -0.4 is 0 Å². The monoisotopic (exact) mass is 354 g/mol. The summed E-state index contributed by atoms with van der Waals surface area (Å²) in [5.41, 5.74) is 3.24. The van der Waals surface area contributed by atoms with Crippen LogP contribution >= 0.6 is 11.3 Å². The van der Waals surface area contributed by atoms with Crippen LogP contribution in [-0.2, 0) is 22.6 Å². The molecule has 1 aromatic carbocycles. The van der Waals surface area contributed by atoms with E-state index in [2.05, 4.69) is 17.1 Å². The van der Waals surface area contributed by atoms with Crippen LogP contribution in [0.4, 0.5) is 0 Å². The van der Waals surface area contributed by atoms with Crippen molar-refractivity contribution in [2.45, 2.75) is 26.9 Å². The summed E-state index contributed by atoms with van der Waals surface area (Å²) < 4.78 is 10.3. The number of nitrogens with zero attached hydrogens (tertiary/aromatic N) is 2.